The van der Waals surface area contributed by atoms with Crippen molar-refractivity contribution in [2.45, 2.75) is 225 Å². The van der Waals surface area contributed by atoms with Crippen LogP contribution >= 0.6 is 0 Å². The van der Waals surface area contributed by atoms with Gasteiger partial charge in [-0.3, -0.25) is 4.79 Å². The van der Waals surface area contributed by atoms with Crippen LogP contribution in [0.4, 0.5) is 0 Å². The molecule has 1 fully saturated rings. The minimum absolute atomic E-state index is 0.353. The molecule has 6 heteroatoms. The summed E-state index contributed by atoms with van der Waals surface area (Å²) in [5, 5.41) is 0. The Hall–Kier alpha value is -1.21. The minimum atomic E-state index is -0.765. The fourth-order valence-corrected chi connectivity index (χ4v) is 7.32. The zero-order valence-corrected chi connectivity index (χ0v) is 35.5. The summed E-state index contributed by atoms with van der Waals surface area (Å²) in [6.07, 6.45) is 48.1. The second-order valence-corrected chi connectivity index (χ2v) is 16.0. The zero-order chi connectivity index (χ0) is 38.1. The Morgan fingerprint density at radius 3 is 1.40 bits per heavy atom. The molecule has 1 rings (SSSR count). The van der Waals surface area contributed by atoms with E-state index in [0.717, 1.165) is 38.9 Å². The van der Waals surface area contributed by atoms with E-state index < -0.39 is 18.1 Å². The fourth-order valence-electron chi connectivity index (χ4n) is 7.32. The highest BCUT2D eigenvalue weighted by molar-refractivity contribution is 5.79. The van der Waals surface area contributed by atoms with Crippen molar-refractivity contribution in [2.75, 3.05) is 46.1 Å². The lowest BCUT2D eigenvalue weighted by molar-refractivity contribution is -0.148. The molecule has 6 nitrogen and oxygen atoms in total. The number of likely N-dealkylation sites (tertiary alicyclic amines) is 1. The lowest BCUT2D eigenvalue weighted by Crippen LogP contribution is -2.46. The molecule has 2 unspecified atom stereocenters. The summed E-state index contributed by atoms with van der Waals surface area (Å²) in [4.78, 5) is 15.0. The van der Waals surface area contributed by atoms with Crippen molar-refractivity contribution < 1.29 is 19.0 Å². The fraction of sp³-hybridized carbons (Fsp3) is 0.894. The maximum atomic E-state index is 12.5. The van der Waals surface area contributed by atoms with Gasteiger partial charge in [0.15, 0.2) is 6.10 Å². The first-order valence-corrected chi connectivity index (χ1v) is 23.3. The van der Waals surface area contributed by atoms with Gasteiger partial charge in [0, 0.05) is 19.8 Å². The second kappa shape index (κ2) is 40.5. The lowest BCUT2D eigenvalue weighted by atomic mass is 10.1. The van der Waals surface area contributed by atoms with Gasteiger partial charge in [-0.05, 0) is 90.1 Å². The van der Waals surface area contributed by atoms with Crippen LogP contribution < -0.4 is 5.73 Å². The lowest BCUT2D eigenvalue weighted by Gasteiger charge is -2.29. The number of ether oxygens (including phenoxy) is 3. The average Bonchev–Trinajstić information content (AvgIpc) is 3.16. The molecule has 0 saturated carbocycles. The van der Waals surface area contributed by atoms with Gasteiger partial charge in [-0.25, -0.2) is 0 Å². The Bertz CT molecular complexity index is 812. The Morgan fingerprint density at radius 2 is 0.943 bits per heavy atom. The largest absolute Gasteiger partial charge is 0.379 e. The molecule has 1 aliphatic rings. The number of piperidine rings is 1. The summed E-state index contributed by atoms with van der Waals surface area (Å²) in [6, 6.07) is 0. The maximum absolute atomic E-state index is 12.5. The summed E-state index contributed by atoms with van der Waals surface area (Å²) < 4.78 is 18.5. The summed E-state index contributed by atoms with van der Waals surface area (Å²) in [6.45, 7) is 9.85. The van der Waals surface area contributed by atoms with Crippen LogP contribution in [0.25, 0.3) is 0 Å². The zero-order valence-electron chi connectivity index (χ0n) is 35.5. The number of hydrogen-bond acceptors (Lipinski definition) is 5. The second-order valence-electron chi connectivity index (χ2n) is 16.0. The van der Waals surface area contributed by atoms with Gasteiger partial charge in [-0.2, -0.15) is 0 Å². The van der Waals surface area contributed by atoms with Crippen LogP contribution in [0.1, 0.15) is 213 Å². The number of unbranched alkanes of at least 4 members (excludes halogenated alkanes) is 24. The third-order valence-corrected chi connectivity index (χ3v) is 10.8. The van der Waals surface area contributed by atoms with Gasteiger partial charge in [-0.15, -0.1) is 0 Å². The minimum Gasteiger partial charge on any atom is -0.379 e. The van der Waals surface area contributed by atoms with Gasteiger partial charge in [0.1, 0.15) is 6.10 Å². The van der Waals surface area contributed by atoms with Crippen molar-refractivity contribution >= 4 is 5.91 Å². The van der Waals surface area contributed by atoms with E-state index in [1.807, 2.05) is 0 Å². The van der Waals surface area contributed by atoms with Crippen molar-refractivity contribution in [3.8, 4) is 0 Å². The Morgan fingerprint density at radius 1 is 0.528 bits per heavy atom. The molecule has 0 spiro atoms. The predicted octanol–water partition coefficient (Wildman–Crippen LogP) is 12.8. The van der Waals surface area contributed by atoms with Crippen LogP contribution in [0.3, 0.4) is 0 Å². The number of primary amides is 1. The molecule has 312 valence electrons. The quantitative estimate of drug-likeness (QED) is 0.0498. The summed E-state index contributed by atoms with van der Waals surface area (Å²) in [5.74, 6) is -0.446. The third kappa shape index (κ3) is 33.8. The SMILES string of the molecule is CCCCCCCC/C=C\CCCCCCCCOCC(OCCN1CCCCC1)C(OCCCCCCCC/C=C\CCCCCCCC)C(N)=O. The molecule has 1 amide bonds. The van der Waals surface area contributed by atoms with E-state index in [1.165, 1.54) is 180 Å². The van der Waals surface area contributed by atoms with Crippen LogP contribution in [-0.4, -0.2) is 69.1 Å². The number of carbonyl (C=O) groups is 1. The number of nitrogens with two attached hydrogens (primary N) is 1. The molecule has 0 bridgehead atoms. The van der Waals surface area contributed by atoms with Crippen molar-refractivity contribution in [3.63, 3.8) is 0 Å². The van der Waals surface area contributed by atoms with Gasteiger partial charge in [0.05, 0.1) is 13.2 Å². The molecule has 2 N–H and O–H groups in total. The van der Waals surface area contributed by atoms with E-state index >= 15 is 0 Å². The van der Waals surface area contributed by atoms with Crippen LogP contribution in [-0.2, 0) is 19.0 Å². The van der Waals surface area contributed by atoms with Gasteiger partial charge in [0.2, 0.25) is 5.91 Å². The van der Waals surface area contributed by atoms with Crippen LogP contribution in [0, 0.1) is 0 Å². The summed E-state index contributed by atoms with van der Waals surface area (Å²) in [5.41, 5.74) is 5.87. The molecule has 1 heterocycles. The number of hydrogen-bond donors (Lipinski definition) is 1. The Kier molecular flexibility index (Phi) is 38.0. The van der Waals surface area contributed by atoms with Crippen LogP contribution in [0.5, 0.6) is 0 Å². The molecule has 0 aromatic heterocycles. The topological polar surface area (TPSA) is 74.0 Å². The molecule has 1 saturated heterocycles. The highest BCUT2D eigenvalue weighted by Gasteiger charge is 2.29. The Balaban J connectivity index is 2.20. The molecule has 0 aromatic carbocycles. The number of rotatable bonds is 41. The van der Waals surface area contributed by atoms with Crippen molar-refractivity contribution in [1.29, 1.82) is 0 Å². The first-order chi connectivity index (χ1) is 26.2. The van der Waals surface area contributed by atoms with Crippen LogP contribution in [0.2, 0.25) is 0 Å². The third-order valence-electron chi connectivity index (χ3n) is 10.8. The van der Waals surface area contributed by atoms with E-state index in [2.05, 4.69) is 43.1 Å². The molecule has 0 radical (unpaired) electrons. The first kappa shape index (κ1) is 49.8. The van der Waals surface area contributed by atoms with Gasteiger partial charge in [0.25, 0.3) is 0 Å². The number of allylic oxidation sites excluding steroid dienone is 4. The van der Waals surface area contributed by atoms with Gasteiger partial charge >= 0.3 is 0 Å². The van der Waals surface area contributed by atoms with Crippen molar-refractivity contribution in [3.05, 3.63) is 24.3 Å². The predicted molar refractivity (Wildman–Crippen MR) is 229 cm³/mol. The highest BCUT2D eigenvalue weighted by Crippen LogP contribution is 2.14. The molecule has 0 aliphatic carbocycles. The van der Waals surface area contributed by atoms with E-state index in [9.17, 15) is 4.79 Å². The molecular weight excluding hydrogens is 657 g/mol. The monoisotopic (exact) mass is 747 g/mol. The van der Waals surface area contributed by atoms with Crippen molar-refractivity contribution in [1.82, 2.24) is 4.90 Å². The molecule has 2 atom stereocenters. The smallest absolute Gasteiger partial charge is 0.249 e. The molecular formula is C47H90N2O4. The Labute approximate surface area is 330 Å². The number of carbonyl (C=O) groups excluding carboxylic acids is 1. The van der Waals surface area contributed by atoms with E-state index in [4.69, 9.17) is 19.9 Å². The normalized spacial score (nSPS) is 15.2. The molecule has 0 aromatic rings. The average molecular weight is 747 g/mol. The van der Waals surface area contributed by atoms with Crippen molar-refractivity contribution in [2.24, 2.45) is 5.73 Å². The highest BCUT2D eigenvalue weighted by atomic mass is 16.6. The van der Waals surface area contributed by atoms with Crippen LogP contribution in [0.15, 0.2) is 24.3 Å². The van der Waals surface area contributed by atoms with E-state index in [1.54, 1.807) is 0 Å². The molecule has 1 aliphatic heterocycles. The van der Waals surface area contributed by atoms with E-state index in [-0.39, 0.29) is 0 Å². The maximum Gasteiger partial charge on any atom is 0.249 e. The number of nitrogens with zero attached hydrogens (tertiary/aromatic N) is 1. The molecule has 53 heavy (non-hydrogen) atoms. The first-order valence-electron chi connectivity index (χ1n) is 23.3. The summed E-state index contributed by atoms with van der Waals surface area (Å²) in [7, 11) is 0. The van der Waals surface area contributed by atoms with Gasteiger partial charge in [-0.1, -0.05) is 160 Å². The summed E-state index contributed by atoms with van der Waals surface area (Å²) >= 11 is 0. The standard InChI is InChI=1S/C47H90N2O4/c1-3-5-7-9-11-13-15-17-19-21-23-25-27-29-31-36-41-51-44-45(52-43-40-49-38-34-33-35-39-49)46(47(48)50)53-42-37-32-30-28-26-24-22-20-18-16-14-12-10-8-6-4-2/h17-20,45-46H,3-16,21-44H2,1-2H3,(H2,48,50)/b19-17-,20-18-. The number of amides is 1. The van der Waals surface area contributed by atoms with Gasteiger partial charge < -0.3 is 24.8 Å². The van der Waals surface area contributed by atoms with E-state index in [0.29, 0.717) is 26.4 Å².